The number of aliphatic hydroxyl groups excluding tert-OH is 1. The third-order valence-corrected chi connectivity index (χ3v) is 4.50. The molecule has 0 aliphatic carbocycles. The van der Waals surface area contributed by atoms with Crippen molar-refractivity contribution in [1.29, 1.82) is 0 Å². The first-order valence-corrected chi connectivity index (χ1v) is 6.66. The van der Waals surface area contributed by atoms with E-state index in [2.05, 4.69) is 0 Å². The van der Waals surface area contributed by atoms with Gasteiger partial charge in [0.05, 0.1) is 13.2 Å². The number of nitrogens with two attached hydrogens (primary N) is 1. The summed E-state index contributed by atoms with van der Waals surface area (Å²) in [4.78, 5) is 11.7. The quantitative estimate of drug-likeness (QED) is 0.658. The Morgan fingerprint density at radius 2 is 2.60 bits per heavy atom. The predicted molar refractivity (Wildman–Crippen MR) is 61.3 cm³/mol. The molecule has 0 saturated carbocycles. The van der Waals surface area contributed by atoms with E-state index in [0.717, 1.165) is 0 Å². The molecule has 0 aromatic carbocycles. The largest absolute Gasteiger partial charge is 0.403 e. The van der Waals surface area contributed by atoms with Crippen molar-refractivity contribution in [3.8, 4) is 0 Å². The molecule has 0 radical (unpaired) electrons. The topological polar surface area (TPSA) is 77.5 Å². The number of hydrogen-bond donors (Lipinski definition) is 2. The average Bonchev–Trinajstić information content (AvgIpc) is 2.66. The van der Waals surface area contributed by atoms with Crippen LogP contribution in [-0.4, -0.2) is 37.4 Å². The molecule has 3 N–H and O–H groups in total. The van der Waals surface area contributed by atoms with Gasteiger partial charge in [-0.3, -0.25) is 4.79 Å². The Morgan fingerprint density at radius 3 is 3.20 bits per heavy atom. The molecule has 15 heavy (non-hydrogen) atoms. The van der Waals surface area contributed by atoms with Crippen molar-refractivity contribution in [2.75, 3.05) is 18.9 Å². The fourth-order valence-electron chi connectivity index (χ4n) is 1.43. The Kier molecular flexibility index (Phi) is 3.25. The minimum atomic E-state index is -0.486. The van der Waals surface area contributed by atoms with Crippen molar-refractivity contribution in [2.24, 2.45) is 0 Å². The molecule has 7 heteroatoms. The molecule has 1 aromatic rings. The first-order chi connectivity index (χ1) is 7.20. The summed E-state index contributed by atoms with van der Waals surface area (Å²) in [7, 11) is -0.486. The maximum absolute atomic E-state index is 11.7. The van der Waals surface area contributed by atoms with Crippen LogP contribution < -0.4 is 10.9 Å². The monoisotopic (exact) mass is 244 g/mol. The number of thioether (sulfide) groups is 1. The number of nitrogen functional groups attached to an aromatic ring is 1. The van der Waals surface area contributed by atoms with Crippen molar-refractivity contribution in [1.82, 2.24) is 4.57 Å². The zero-order valence-corrected chi connectivity index (χ0v) is 9.97. The van der Waals surface area contributed by atoms with Gasteiger partial charge >= 0.3 is 0 Å². The minimum Gasteiger partial charge on any atom is -0.403 e. The lowest BCUT2D eigenvalue weighted by Gasteiger charge is -2.11. The van der Waals surface area contributed by atoms with Gasteiger partial charge in [0.25, 0.3) is 0 Å². The molecule has 1 fully saturated rings. The zero-order chi connectivity index (χ0) is 10.8. The van der Waals surface area contributed by atoms with Crippen molar-refractivity contribution < 1.29 is 9.84 Å². The van der Waals surface area contributed by atoms with Crippen LogP contribution in [-0.2, 0) is 4.74 Å². The third-order valence-electron chi connectivity index (χ3n) is 2.17. The summed E-state index contributed by atoms with van der Waals surface area (Å²) < 4.78 is 6.96. The molecule has 0 spiro atoms. The average molecular weight is 244 g/mol. The first-order valence-electron chi connectivity index (χ1n) is 4.56. The number of rotatable bonds is 2. The van der Waals surface area contributed by atoms with Gasteiger partial charge in [0.15, 0.2) is 0 Å². The van der Waals surface area contributed by atoms with E-state index in [-0.39, 0.29) is 22.6 Å². The minimum absolute atomic E-state index is 0.0198. The highest BCUT2D eigenvalue weighted by Gasteiger charge is 2.27. The van der Waals surface area contributed by atoms with Crippen molar-refractivity contribution in [3.05, 3.63) is 22.2 Å². The summed E-state index contributed by atoms with van der Waals surface area (Å²) in [5.74, 6) is 0. The van der Waals surface area contributed by atoms with E-state index in [9.17, 15) is 4.79 Å². The maximum atomic E-state index is 11.7. The molecule has 0 bridgehead atoms. The molecule has 2 unspecified atom stereocenters. The second kappa shape index (κ2) is 4.48. The molecule has 5 nitrogen and oxygen atoms in total. The van der Waals surface area contributed by atoms with Crippen LogP contribution in [0, 0.1) is 0 Å². The van der Waals surface area contributed by atoms with Crippen LogP contribution in [0.25, 0.3) is 0 Å². The lowest BCUT2D eigenvalue weighted by molar-refractivity contribution is 0.0805. The smallest absolute Gasteiger partial charge is 0.218 e. The fourth-order valence-corrected chi connectivity index (χ4v) is 3.47. The number of ether oxygens (including phenoxy) is 1. The Balaban J connectivity index is 2.20. The van der Waals surface area contributed by atoms with Crippen LogP contribution in [0.5, 0.6) is 0 Å². The number of anilines is 1. The van der Waals surface area contributed by atoms with Crippen molar-refractivity contribution in [2.45, 2.75) is 10.8 Å². The van der Waals surface area contributed by atoms with Crippen LogP contribution in [0.2, 0.25) is 0 Å². The number of aromatic nitrogens is 1. The van der Waals surface area contributed by atoms with Crippen molar-refractivity contribution >= 4 is 26.2 Å². The van der Waals surface area contributed by atoms with E-state index < -0.39 is 9.12 Å². The van der Waals surface area contributed by atoms with E-state index in [4.69, 9.17) is 15.6 Å². The van der Waals surface area contributed by atoms with Crippen LogP contribution in [0.4, 0.5) is 5.30 Å². The van der Waals surface area contributed by atoms with E-state index in [1.165, 1.54) is 11.8 Å². The summed E-state index contributed by atoms with van der Waals surface area (Å²) in [5.41, 5.74) is 5.37. The molecule has 2 atom stereocenters. The second-order valence-electron chi connectivity index (χ2n) is 3.24. The molecule has 2 rings (SSSR count). The highest BCUT2D eigenvalue weighted by atomic mass is 32.2. The van der Waals surface area contributed by atoms with Gasteiger partial charge in [-0.2, -0.15) is 0 Å². The molecular weight excluding hydrogens is 232 g/mol. The standard InChI is InChI=1S/C8H12N2O3SSi/c9-5-1-2-10(8(12)15-5)6-4-13-7(3-11)14-6/h1-2,6-7,11,15H,3-4,9H2. The first kappa shape index (κ1) is 10.9. The van der Waals surface area contributed by atoms with Gasteiger partial charge in [0.1, 0.15) is 19.9 Å². The Labute approximate surface area is 93.0 Å². The molecular formula is C8H12N2O3SSi. The number of nitrogens with zero attached hydrogens (tertiary/aromatic N) is 1. The maximum Gasteiger partial charge on any atom is 0.218 e. The van der Waals surface area contributed by atoms with Crippen molar-refractivity contribution in [3.63, 3.8) is 0 Å². The van der Waals surface area contributed by atoms with E-state index >= 15 is 0 Å². The second-order valence-corrected chi connectivity index (χ2v) is 6.03. The molecule has 1 aromatic heterocycles. The summed E-state index contributed by atoms with van der Waals surface area (Å²) in [6, 6.07) is 1.77. The normalized spacial score (nSPS) is 25.7. The third kappa shape index (κ3) is 2.31. The van der Waals surface area contributed by atoms with Crippen LogP contribution >= 0.6 is 11.8 Å². The number of aliphatic hydroxyl groups is 1. The highest BCUT2D eigenvalue weighted by Crippen LogP contribution is 2.33. The van der Waals surface area contributed by atoms with E-state index in [0.29, 0.717) is 11.9 Å². The molecule has 82 valence electrons. The predicted octanol–water partition coefficient (Wildman–Crippen LogP) is -0.919. The van der Waals surface area contributed by atoms with Gasteiger partial charge in [-0.15, -0.1) is 11.8 Å². The van der Waals surface area contributed by atoms with Gasteiger partial charge in [0.2, 0.25) is 5.17 Å². The molecule has 1 saturated heterocycles. The van der Waals surface area contributed by atoms with Crippen LogP contribution in [0.3, 0.4) is 0 Å². The van der Waals surface area contributed by atoms with Gasteiger partial charge < -0.3 is 20.1 Å². The Morgan fingerprint density at radius 1 is 1.80 bits per heavy atom. The molecule has 1 aliphatic rings. The lowest BCUT2D eigenvalue weighted by Crippen LogP contribution is -2.26. The molecule has 1 aliphatic heterocycles. The molecule has 2 heterocycles. The van der Waals surface area contributed by atoms with Gasteiger partial charge in [-0.25, -0.2) is 0 Å². The SMILES string of the molecule is Nc1ccn(C2COC(CO)S2)c(=O)[siH]1. The zero-order valence-electron chi connectivity index (χ0n) is 8.00. The highest BCUT2D eigenvalue weighted by molar-refractivity contribution is 8.00. The Bertz CT molecular complexity index is 411. The summed E-state index contributed by atoms with van der Waals surface area (Å²) in [6.07, 6.45) is 1.70. The van der Waals surface area contributed by atoms with E-state index in [1.807, 2.05) is 0 Å². The fraction of sp³-hybridized carbons (Fsp3) is 0.500. The van der Waals surface area contributed by atoms with E-state index in [1.54, 1.807) is 16.8 Å². The lowest BCUT2D eigenvalue weighted by atomic mass is 10.6. The summed E-state index contributed by atoms with van der Waals surface area (Å²) >= 11 is 1.47. The molecule has 0 amide bonds. The van der Waals surface area contributed by atoms with Gasteiger partial charge in [0, 0.05) is 11.5 Å². The van der Waals surface area contributed by atoms with Gasteiger partial charge in [-0.1, -0.05) is 0 Å². The van der Waals surface area contributed by atoms with Crippen LogP contribution in [0.15, 0.2) is 17.1 Å². The number of hydrogen-bond acceptors (Lipinski definition) is 5. The summed E-state index contributed by atoms with van der Waals surface area (Å²) in [6.45, 7) is 0.444. The summed E-state index contributed by atoms with van der Waals surface area (Å²) in [5, 5.41) is 9.61. The van der Waals surface area contributed by atoms with Gasteiger partial charge in [-0.05, 0) is 6.07 Å². The van der Waals surface area contributed by atoms with Crippen LogP contribution in [0.1, 0.15) is 5.37 Å². The Hall–Kier alpha value is -0.633.